The molecule has 0 saturated carbocycles. The van der Waals surface area contributed by atoms with E-state index in [1.54, 1.807) is 0 Å². The summed E-state index contributed by atoms with van der Waals surface area (Å²) in [5, 5.41) is 0. The molecule has 0 aliphatic carbocycles. The molecule has 16 heavy (non-hydrogen) atoms. The van der Waals surface area contributed by atoms with E-state index < -0.39 is 0 Å². The maximum Gasteiger partial charge on any atom is 0.0745 e. The van der Waals surface area contributed by atoms with Gasteiger partial charge in [0.15, 0.2) is 0 Å². The van der Waals surface area contributed by atoms with Crippen LogP contribution in [0.5, 0.6) is 0 Å². The number of hydrogen-bond donors (Lipinski definition) is 1. The molecular weight excluding hydrogens is 200 g/mol. The zero-order valence-corrected chi connectivity index (χ0v) is 11.1. The van der Waals surface area contributed by atoms with Gasteiger partial charge in [-0.25, -0.2) is 5.90 Å². The first-order valence-electron chi connectivity index (χ1n) is 5.95. The minimum Gasteiger partial charge on any atom is -0.349 e. The Kier molecular flexibility index (Phi) is 4.56. The first-order valence-corrected chi connectivity index (χ1v) is 5.95. The van der Waals surface area contributed by atoms with Gasteiger partial charge in [0.05, 0.1) is 6.61 Å². The van der Waals surface area contributed by atoms with Gasteiger partial charge in [-0.3, -0.25) is 0 Å². The number of nitrogens with zero attached hydrogens (tertiary/aromatic N) is 1. The van der Waals surface area contributed by atoms with E-state index in [1.807, 2.05) is 0 Å². The Bertz CT molecular complexity index is 342. The Morgan fingerprint density at radius 3 is 2.44 bits per heavy atom. The van der Waals surface area contributed by atoms with Gasteiger partial charge in [0.25, 0.3) is 0 Å². The molecule has 0 radical (unpaired) electrons. The predicted molar refractivity (Wildman–Crippen MR) is 67.3 cm³/mol. The Morgan fingerprint density at radius 1 is 1.31 bits per heavy atom. The van der Waals surface area contributed by atoms with Crippen LogP contribution in [0.25, 0.3) is 0 Å². The van der Waals surface area contributed by atoms with Crippen molar-refractivity contribution in [2.75, 3.05) is 6.61 Å². The number of hydrogen-bond acceptors (Lipinski definition) is 2. The van der Waals surface area contributed by atoms with Crippen molar-refractivity contribution in [3.05, 3.63) is 23.0 Å². The Labute approximate surface area is 98.5 Å². The third-order valence-corrected chi connectivity index (χ3v) is 3.04. The highest BCUT2D eigenvalue weighted by atomic mass is 16.6. The quantitative estimate of drug-likeness (QED) is 0.781. The van der Waals surface area contributed by atoms with Crippen LogP contribution in [0.15, 0.2) is 6.07 Å². The van der Waals surface area contributed by atoms with Crippen molar-refractivity contribution in [1.29, 1.82) is 0 Å². The highest BCUT2D eigenvalue weighted by Crippen LogP contribution is 2.24. The lowest BCUT2D eigenvalue weighted by molar-refractivity contribution is 0.126. The van der Waals surface area contributed by atoms with E-state index in [9.17, 15) is 0 Å². The molecule has 0 aliphatic rings. The van der Waals surface area contributed by atoms with Crippen LogP contribution in [-0.4, -0.2) is 11.2 Å². The van der Waals surface area contributed by atoms with Crippen molar-refractivity contribution < 1.29 is 4.84 Å². The van der Waals surface area contributed by atoms with E-state index in [4.69, 9.17) is 10.7 Å². The van der Waals surface area contributed by atoms with Crippen LogP contribution < -0.4 is 5.90 Å². The second-order valence-electron chi connectivity index (χ2n) is 5.07. The van der Waals surface area contributed by atoms with E-state index in [1.165, 1.54) is 17.0 Å². The monoisotopic (exact) mass is 224 g/mol. The summed E-state index contributed by atoms with van der Waals surface area (Å²) in [6.45, 7) is 12.6. The van der Waals surface area contributed by atoms with Gasteiger partial charge in [-0.15, -0.1) is 0 Å². The largest absolute Gasteiger partial charge is 0.349 e. The minimum absolute atomic E-state index is 0.358. The molecule has 1 heterocycles. The fraction of sp³-hybridized carbons (Fsp3) is 0.692. The molecule has 0 amide bonds. The zero-order chi connectivity index (χ0) is 12.3. The van der Waals surface area contributed by atoms with Crippen LogP contribution in [0.2, 0.25) is 0 Å². The van der Waals surface area contributed by atoms with Crippen LogP contribution in [-0.2, 0) is 11.4 Å². The smallest absolute Gasteiger partial charge is 0.0745 e. The lowest BCUT2D eigenvalue weighted by Gasteiger charge is -2.14. The second-order valence-corrected chi connectivity index (χ2v) is 5.07. The summed E-state index contributed by atoms with van der Waals surface area (Å²) in [6.07, 6.45) is 0. The maximum absolute atomic E-state index is 5.14. The van der Waals surface area contributed by atoms with E-state index in [2.05, 4.69) is 45.3 Å². The Balaban J connectivity index is 2.96. The molecule has 0 spiro atoms. The third-order valence-electron chi connectivity index (χ3n) is 3.04. The maximum atomic E-state index is 5.14. The summed E-state index contributed by atoms with van der Waals surface area (Å²) in [4.78, 5) is 4.73. The van der Waals surface area contributed by atoms with Crippen molar-refractivity contribution in [1.82, 2.24) is 4.57 Å². The minimum atomic E-state index is 0.358. The van der Waals surface area contributed by atoms with Gasteiger partial charge in [-0.1, -0.05) is 20.8 Å². The number of rotatable bonds is 5. The first-order chi connectivity index (χ1) is 7.47. The zero-order valence-electron chi connectivity index (χ0n) is 11.1. The lowest BCUT2D eigenvalue weighted by Crippen LogP contribution is -2.11. The number of aryl methyl sites for hydroxylation is 1. The molecule has 92 valence electrons. The molecule has 1 rings (SSSR count). The summed E-state index contributed by atoms with van der Waals surface area (Å²) in [7, 11) is 0. The first kappa shape index (κ1) is 13.3. The van der Waals surface area contributed by atoms with Crippen molar-refractivity contribution in [2.45, 2.75) is 47.1 Å². The normalized spacial score (nSPS) is 13.4. The Morgan fingerprint density at radius 2 is 1.94 bits per heavy atom. The van der Waals surface area contributed by atoms with Crippen LogP contribution in [0.4, 0.5) is 0 Å². The molecule has 1 aromatic rings. The highest BCUT2D eigenvalue weighted by molar-refractivity contribution is 5.29. The summed E-state index contributed by atoms with van der Waals surface area (Å²) in [5.41, 5.74) is 4.02. The van der Waals surface area contributed by atoms with Crippen LogP contribution in [0, 0.1) is 19.8 Å². The fourth-order valence-electron chi connectivity index (χ4n) is 2.21. The summed E-state index contributed by atoms with van der Waals surface area (Å²) in [5.74, 6) is 6.16. The molecule has 1 unspecified atom stereocenters. The lowest BCUT2D eigenvalue weighted by atomic mass is 10.0. The standard InChI is InChI=1S/C13H24N2O/c1-9(2)7-15-11(4)6-13(12(15)5)10(3)8-16-14/h6,9-10H,7-8,14H2,1-5H3. The van der Waals surface area contributed by atoms with E-state index in [0.29, 0.717) is 18.4 Å². The molecule has 1 atom stereocenters. The molecule has 3 nitrogen and oxygen atoms in total. The SMILES string of the molecule is Cc1cc(C(C)CON)c(C)n1CC(C)C. The van der Waals surface area contributed by atoms with Gasteiger partial charge in [0.1, 0.15) is 0 Å². The molecule has 1 aromatic heterocycles. The van der Waals surface area contributed by atoms with Crippen LogP contribution >= 0.6 is 0 Å². The average molecular weight is 224 g/mol. The van der Waals surface area contributed by atoms with Crippen molar-refractivity contribution >= 4 is 0 Å². The van der Waals surface area contributed by atoms with E-state index in [-0.39, 0.29) is 0 Å². The second kappa shape index (κ2) is 5.51. The molecule has 0 aliphatic heterocycles. The molecule has 3 heteroatoms. The van der Waals surface area contributed by atoms with Crippen molar-refractivity contribution in [3.63, 3.8) is 0 Å². The molecular formula is C13H24N2O. The van der Waals surface area contributed by atoms with Gasteiger partial charge in [0.2, 0.25) is 0 Å². The van der Waals surface area contributed by atoms with Crippen LogP contribution in [0.3, 0.4) is 0 Å². The summed E-state index contributed by atoms with van der Waals surface area (Å²) in [6, 6.07) is 2.25. The topological polar surface area (TPSA) is 40.2 Å². The van der Waals surface area contributed by atoms with Gasteiger partial charge < -0.3 is 9.40 Å². The fourth-order valence-corrected chi connectivity index (χ4v) is 2.21. The summed E-state index contributed by atoms with van der Waals surface area (Å²) >= 11 is 0. The average Bonchev–Trinajstić information content (AvgIpc) is 2.45. The number of nitrogens with two attached hydrogens (primary N) is 1. The van der Waals surface area contributed by atoms with Gasteiger partial charge in [-0.2, -0.15) is 0 Å². The highest BCUT2D eigenvalue weighted by Gasteiger charge is 2.15. The predicted octanol–water partition coefficient (Wildman–Crippen LogP) is 2.75. The molecule has 0 aromatic carbocycles. The Hall–Kier alpha value is -0.800. The van der Waals surface area contributed by atoms with Crippen molar-refractivity contribution in [3.8, 4) is 0 Å². The van der Waals surface area contributed by atoms with E-state index in [0.717, 1.165) is 6.54 Å². The van der Waals surface area contributed by atoms with Gasteiger partial charge in [-0.05, 0) is 31.4 Å². The van der Waals surface area contributed by atoms with Crippen molar-refractivity contribution in [2.24, 2.45) is 11.8 Å². The molecule has 0 fully saturated rings. The van der Waals surface area contributed by atoms with Gasteiger partial charge >= 0.3 is 0 Å². The van der Waals surface area contributed by atoms with Gasteiger partial charge in [0, 0.05) is 23.9 Å². The molecule has 2 N–H and O–H groups in total. The molecule has 0 bridgehead atoms. The van der Waals surface area contributed by atoms with Crippen LogP contribution in [0.1, 0.15) is 43.6 Å². The van der Waals surface area contributed by atoms with E-state index >= 15 is 0 Å². The summed E-state index contributed by atoms with van der Waals surface area (Å²) < 4.78 is 2.38. The third kappa shape index (κ3) is 2.86. The molecule has 0 saturated heterocycles. The number of aromatic nitrogens is 1.